The van der Waals surface area contributed by atoms with Crippen LogP contribution in [0.5, 0.6) is 0 Å². The van der Waals surface area contributed by atoms with E-state index in [9.17, 15) is 14.4 Å². The average molecular weight is 304 g/mol. The van der Waals surface area contributed by atoms with Crippen molar-refractivity contribution < 1.29 is 19.1 Å². The summed E-state index contributed by atoms with van der Waals surface area (Å²) in [6.45, 7) is 4.25. The van der Waals surface area contributed by atoms with Gasteiger partial charge in [-0.15, -0.1) is 0 Å². The van der Waals surface area contributed by atoms with Gasteiger partial charge in [0.1, 0.15) is 0 Å². The van der Waals surface area contributed by atoms with Crippen molar-refractivity contribution in [1.82, 2.24) is 4.90 Å². The zero-order valence-electron chi connectivity index (χ0n) is 13.0. The molecule has 2 amide bonds. The number of methoxy groups -OCH3 is 1. The lowest BCUT2D eigenvalue weighted by Crippen LogP contribution is -2.33. The number of likely N-dealkylation sites (tertiary alicyclic amines) is 1. The molecular formula is C16H20N2O4. The number of hydrogen-bond acceptors (Lipinski definition) is 4. The van der Waals surface area contributed by atoms with Crippen LogP contribution < -0.4 is 5.32 Å². The van der Waals surface area contributed by atoms with E-state index in [2.05, 4.69) is 5.32 Å². The van der Waals surface area contributed by atoms with Crippen molar-refractivity contribution in [3.63, 3.8) is 0 Å². The van der Waals surface area contributed by atoms with Gasteiger partial charge < -0.3 is 15.0 Å². The molecule has 1 atom stereocenters. The van der Waals surface area contributed by atoms with Gasteiger partial charge in [0.2, 0.25) is 11.8 Å². The van der Waals surface area contributed by atoms with E-state index >= 15 is 0 Å². The van der Waals surface area contributed by atoms with E-state index in [-0.39, 0.29) is 24.3 Å². The molecule has 1 heterocycles. The highest BCUT2D eigenvalue weighted by molar-refractivity contribution is 6.03. The van der Waals surface area contributed by atoms with Crippen molar-refractivity contribution in [3.8, 4) is 0 Å². The molecule has 6 heteroatoms. The van der Waals surface area contributed by atoms with Crippen LogP contribution in [0.2, 0.25) is 0 Å². The summed E-state index contributed by atoms with van der Waals surface area (Å²) >= 11 is 0. The number of amides is 2. The standard InChI is InChI=1S/C16H20N2O4/c1-10(2)18-9-11(8-14(18)19)15(20)17-13-7-5-4-6-12(13)16(21)22-3/h4-7,10-11H,8-9H2,1-3H3,(H,17,20)/t11-/m0/s1. The molecule has 1 N–H and O–H groups in total. The minimum Gasteiger partial charge on any atom is -0.465 e. The van der Waals surface area contributed by atoms with Crippen molar-refractivity contribution in [3.05, 3.63) is 29.8 Å². The van der Waals surface area contributed by atoms with Crippen LogP contribution in [0.3, 0.4) is 0 Å². The SMILES string of the molecule is COC(=O)c1ccccc1NC(=O)[C@H]1CC(=O)N(C(C)C)C1. The fourth-order valence-electron chi connectivity index (χ4n) is 2.52. The van der Waals surface area contributed by atoms with Crippen LogP contribution in [0.15, 0.2) is 24.3 Å². The number of carbonyl (C=O) groups is 3. The first-order valence-electron chi connectivity index (χ1n) is 7.21. The quantitative estimate of drug-likeness (QED) is 0.859. The second-order valence-electron chi connectivity index (χ2n) is 5.57. The first-order valence-corrected chi connectivity index (χ1v) is 7.21. The molecule has 0 saturated carbocycles. The monoisotopic (exact) mass is 304 g/mol. The van der Waals surface area contributed by atoms with Crippen LogP contribution in [-0.4, -0.2) is 42.4 Å². The Morgan fingerprint density at radius 1 is 1.32 bits per heavy atom. The minimum atomic E-state index is -0.512. The Morgan fingerprint density at radius 3 is 2.59 bits per heavy atom. The summed E-state index contributed by atoms with van der Waals surface area (Å²) in [5.41, 5.74) is 0.693. The first-order chi connectivity index (χ1) is 10.4. The van der Waals surface area contributed by atoms with Crippen molar-refractivity contribution in [2.24, 2.45) is 5.92 Å². The van der Waals surface area contributed by atoms with Gasteiger partial charge in [-0.3, -0.25) is 9.59 Å². The topological polar surface area (TPSA) is 75.7 Å². The van der Waals surface area contributed by atoms with Crippen molar-refractivity contribution in [2.75, 3.05) is 19.0 Å². The number of benzene rings is 1. The third kappa shape index (κ3) is 3.27. The molecule has 1 saturated heterocycles. The molecule has 1 aliphatic heterocycles. The van der Waals surface area contributed by atoms with Gasteiger partial charge in [0.05, 0.1) is 24.3 Å². The number of hydrogen-bond donors (Lipinski definition) is 1. The van der Waals surface area contributed by atoms with Crippen LogP contribution in [-0.2, 0) is 14.3 Å². The molecule has 1 aliphatic rings. The van der Waals surface area contributed by atoms with E-state index in [4.69, 9.17) is 4.74 Å². The van der Waals surface area contributed by atoms with Crippen molar-refractivity contribution in [2.45, 2.75) is 26.3 Å². The summed E-state index contributed by atoms with van der Waals surface area (Å²) in [5, 5.41) is 2.73. The molecule has 2 rings (SSSR count). The predicted octanol–water partition coefficient (Wildman–Crippen LogP) is 1.67. The first kappa shape index (κ1) is 16.0. The van der Waals surface area contributed by atoms with Gasteiger partial charge in [-0.2, -0.15) is 0 Å². The third-order valence-corrected chi connectivity index (χ3v) is 3.74. The Kier molecular flexibility index (Phi) is 4.80. The Labute approximate surface area is 129 Å². The van der Waals surface area contributed by atoms with Gasteiger partial charge >= 0.3 is 5.97 Å². The van der Waals surface area contributed by atoms with Crippen LogP contribution >= 0.6 is 0 Å². The molecule has 0 aliphatic carbocycles. The summed E-state index contributed by atoms with van der Waals surface area (Å²) in [6.07, 6.45) is 0.199. The average Bonchev–Trinajstić information content (AvgIpc) is 2.89. The van der Waals surface area contributed by atoms with Crippen LogP contribution in [0.4, 0.5) is 5.69 Å². The molecule has 22 heavy (non-hydrogen) atoms. The highest BCUT2D eigenvalue weighted by Crippen LogP contribution is 2.23. The van der Waals surface area contributed by atoms with E-state index < -0.39 is 11.9 Å². The maximum atomic E-state index is 12.3. The molecule has 0 spiro atoms. The maximum Gasteiger partial charge on any atom is 0.339 e. The van der Waals surface area contributed by atoms with Crippen LogP contribution in [0.1, 0.15) is 30.6 Å². The summed E-state index contributed by atoms with van der Waals surface area (Å²) in [6, 6.07) is 6.72. The van der Waals surface area contributed by atoms with E-state index in [1.165, 1.54) is 7.11 Å². The number of esters is 1. The lowest BCUT2D eigenvalue weighted by atomic mass is 10.1. The molecular weight excluding hydrogens is 284 g/mol. The summed E-state index contributed by atoms with van der Waals surface area (Å²) in [7, 11) is 1.29. The Hall–Kier alpha value is -2.37. The molecule has 0 aromatic heterocycles. The van der Waals surface area contributed by atoms with Gasteiger partial charge in [-0.1, -0.05) is 12.1 Å². The second-order valence-corrected chi connectivity index (χ2v) is 5.57. The number of anilines is 1. The molecule has 1 fully saturated rings. The third-order valence-electron chi connectivity index (χ3n) is 3.74. The van der Waals surface area contributed by atoms with Crippen LogP contribution in [0.25, 0.3) is 0 Å². The van der Waals surface area contributed by atoms with Gasteiger partial charge in [-0.25, -0.2) is 4.79 Å². The van der Waals surface area contributed by atoms with Crippen molar-refractivity contribution >= 4 is 23.5 Å². The Bertz CT molecular complexity index is 598. The molecule has 1 aromatic carbocycles. The van der Waals surface area contributed by atoms with Gasteiger partial charge in [0.15, 0.2) is 0 Å². The highest BCUT2D eigenvalue weighted by Gasteiger charge is 2.35. The summed E-state index contributed by atoms with van der Waals surface area (Å²) in [5.74, 6) is -1.19. The number of carbonyl (C=O) groups excluding carboxylic acids is 3. The highest BCUT2D eigenvalue weighted by atomic mass is 16.5. The smallest absolute Gasteiger partial charge is 0.339 e. The minimum absolute atomic E-state index is 0.0172. The molecule has 6 nitrogen and oxygen atoms in total. The van der Waals surface area contributed by atoms with Gasteiger partial charge in [0, 0.05) is 19.0 Å². The Balaban J connectivity index is 2.11. The molecule has 0 bridgehead atoms. The van der Waals surface area contributed by atoms with E-state index in [1.807, 2.05) is 13.8 Å². The Morgan fingerprint density at radius 2 is 2.00 bits per heavy atom. The second kappa shape index (κ2) is 6.60. The lowest BCUT2D eigenvalue weighted by molar-refractivity contribution is -0.129. The van der Waals surface area contributed by atoms with Crippen molar-refractivity contribution in [1.29, 1.82) is 0 Å². The molecule has 118 valence electrons. The largest absolute Gasteiger partial charge is 0.465 e. The fraction of sp³-hybridized carbons (Fsp3) is 0.438. The number of nitrogens with one attached hydrogen (secondary N) is 1. The number of nitrogens with zero attached hydrogens (tertiary/aromatic N) is 1. The normalized spacial score (nSPS) is 17.7. The fourth-order valence-corrected chi connectivity index (χ4v) is 2.52. The number of para-hydroxylation sites is 1. The number of ether oxygens (including phenoxy) is 1. The summed E-state index contributed by atoms with van der Waals surface area (Å²) < 4.78 is 4.70. The van der Waals surface area contributed by atoms with Gasteiger partial charge in [-0.05, 0) is 26.0 Å². The zero-order valence-corrected chi connectivity index (χ0v) is 13.0. The number of rotatable bonds is 4. The van der Waals surface area contributed by atoms with Gasteiger partial charge in [0.25, 0.3) is 0 Å². The zero-order chi connectivity index (χ0) is 16.3. The molecule has 1 aromatic rings. The predicted molar refractivity (Wildman–Crippen MR) is 81.4 cm³/mol. The van der Waals surface area contributed by atoms with Crippen LogP contribution in [0, 0.1) is 5.92 Å². The van der Waals surface area contributed by atoms with E-state index in [0.717, 1.165) is 0 Å². The molecule has 0 unspecified atom stereocenters. The van der Waals surface area contributed by atoms with E-state index in [1.54, 1.807) is 29.2 Å². The maximum absolute atomic E-state index is 12.3. The van der Waals surface area contributed by atoms with E-state index in [0.29, 0.717) is 17.8 Å². The molecule has 0 radical (unpaired) electrons. The lowest BCUT2D eigenvalue weighted by Gasteiger charge is -2.20. The summed E-state index contributed by atoms with van der Waals surface area (Å²) in [4.78, 5) is 37.6.